The summed E-state index contributed by atoms with van der Waals surface area (Å²) < 4.78 is 9.17. The molecule has 0 bridgehead atoms. The number of rotatable bonds is 2. The van der Waals surface area contributed by atoms with Crippen molar-refractivity contribution in [3.8, 4) is 27.9 Å². The number of hydrogen-bond acceptors (Lipinski definition) is 1. The van der Waals surface area contributed by atoms with Crippen molar-refractivity contribution in [1.29, 1.82) is 0 Å². The zero-order valence-electron chi connectivity index (χ0n) is 32.7. The highest BCUT2D eigenvalue weighted by atomic mass is 16.3. The lowest BCUT2D eigenvalue weighted by Gasteiger charge is -2.22. The molecule has 0 saturated carbocycles. The van der Waals surface area contributed by atoms with Gasteiger partial charge in [-0.1, -0.05) is 125 Å². The quantitative estimate of drug-likeness (QED) is 0.162. The van der Waals surface area contributed by atoms with Crippen LogP contribution in [0.15, 0.2) is 132 Å². The minimum absolute atomic E-state index is 0.156. The summed E-state index contributed by atoms with van der Waals surface area (Å²) in [5.74, 6) is 1.04. The number of nitrogens with zero attached hydrogens (tertiary/aromatic N) is 1. The van der Waals surface area contributed by atoms with Gasteiger partial charge in [0, 0.05) is 38.4 Å². The second-order valence-electron chi connectivity index (χ2n) is 16.2. The van der Waals surface area contributed by atoms with Crippen molar-refractivity contribution in [1.82, 2.24) is 4.57 Å². The van der Waals surface area contributed by atoms with E-state index < -0.39 is 0 Å². The number of para-hydroxylation sites is 1. The molecular formula is C54H45NO. The Bertz CT molecular complexity index is 3160. The molecule has 0 N–H and O–H groups in total. The molecule has 0 radical (unpaired) electrons. The number of hydrogen-bond donors (Lipinski definition) is 0. The van der Waals surface area contributed by atoms with E-state index >= 15 is 0 Å². The summed E-state index contributed by atoms with van der Waals surface area (Å²) in [5.41, 5.74) is 16.5. The highest BCUT2D eigenvalue weighted by molar-refractivity contribution is 6.15. The topological polar surface area (TPSA) is 18.1 Å². The molecule has 7 aromatic carbocycles. The number of benzene rings is 7. The average molecular weight is 724 g/mol. The summed E-state index contributed by atoms with van der Waals surface area (Å²) in [6.45, 7) is 8.75. The number of aromatic nitrogens is 1. The summed E-state index contributed by atoms with van der Waals surface area (Å²) in [5, 5.41) is 9.25. The lowest BCUT2D eigenvalue weighted by molar-refractivity contribution is 0.598. The first kappa shape index (κ1) is 33.2. The molecule has 0 saturated heterocycles. The predicted octanol–water partition coefficient (Wildman–Crippen LogP) is 15.1. The molecule has 56 heavy (non-hydrogen) atoms. The molecule has 0 unspecified atom stereocenters. The Morgan fingerprint density at radius 2 is 1.29 bits per heavy atom. The molecule has 0 aliphatic heterocycles. The van der Waals surface area contributed by atoms with Crippen molar-refractivity contribution >= 4 is 66.5 Å². The summed E-state index contributed by atoms with van der Waals surface area (Å²) >= 11 is 0. The number of furan rings is 1. The van der Waals surface area contributed by atoms with E-state index in [0.717, 1.165) is 37.0 Å². The molecule has 2 aromatic heterocycles. The normalized spacial score (nSPS) is 15.1. The van der Waals surface area contributed by atoms with Crippen molar-refractivity contribution < 1.29 is 4.42 Å². The maximum Gasteiger partial charge on any atom is 0.143 e. The third kappa shape index (κ3) is 4.62. The zero-order valence-corrected chi connectivity index (χ0v) is 32.7. The van der Waals surface area contributed by atoms with Crippen molar-refractivity contribution in [2.24, 2.45) is 0 Å². The minimum Gasteiger partial charge on any atom is -0.456 e. The van der Waals surface area contributed by atoms with Crippen LogP contribution in [0.1, 0.15) is 80.5 Å². The average Bonchev–Trinajstić information content (AvgIpc) is 3.77. The van der Waals surface area contributed by atoms with Crippen molar-refractivity contribution in [2.75, 3.05) is 0 Å². The standard InChI is InChI=1S/C52H39NO.C2H6/c1-52(2)45-26-25-41-40-17-4-3-5-19-49(40)54-51(41)50(45)42-24-22-33(30-46(42)52)53-47-18-11-10-16-39(47)44-29-32(21-27-48(44)53)31-20-23-38-36-14-7-6-12-34(36)35-13-8-9-15-37(35)43(38)28-31;1-2/h5-6,8-13,15-16,18-30H,3-4,7,14,17H2,1-2H3;1-2H3. The van der Waals surface area contributed by atoms with Crippen LogP contribution < -0.4 is 0 Å². The third-order valence-electron chi connectivity index (χ3n) is 13.0. The van der Waals surface area contributed by atoms with Gasteiger partial charge in [0.1, 0.15) is 11.3 Å². The first-order chi connectivity index (χ1) is 27.5. The summed E-state index contributed by atoms with van der Waals surface area (Å²) in [6, 6.07) is 43.8. The van der Waals surface area contributed by atoms with E-state index in [1.807, 2.05) is 13.8 Å². The van der Waals surface area contributed by atoms with Gasteiger partial charge in [-0.25, -0.2) is 0 Å². The monoisotopic (exact) mass is 723 g/mol. The van der Waals surface area contributed by atoms with Gasteiger partial charge in [-0.05, 0) is 135 Å². The minimum atomic E-state index is -0.156. The van der Waals surface area contributed by atoms with E-state index in [4.69, 9.17) is 4.42 Å². The maximum absolute atomic E-state index is 6.70. The highest BCUT2D eigenvalue weighted by Crippen LogP contribution is 2.53. The van der Waals surface area contributed by atoms with Crippen LogP contribution in [-0.4, -0.2) is 4.57 Å². The maximum atomic E-state index is 6.70. The molecule has 0 spiro atoms. The van der Waals surface area contributed by atoms with Gasteiger partial charge in [-0.15, -0.1) is 0 Å². The summed E-state index contributed by atoms with van der Waals surface area (Å²) in [4.78, 5) is 0. The van der Waals surface area contributed by atoms with Gasteiger partial charge in [0.2, 0.25) is 0 Å². The molecule has 2 heteroatoms. The van der Waals surface area contributed by atoms with Crippen LogP contribution in [0.2, 0.25) is 0 Å². The molecule has 0 amide bonds. The van der Waals surface area contributed by atoms with Gasteiger partial charge in [0.05, 0.1) is 11.0 Å². The Morgan fingerprint density at radius 1 is 0.554 bits per heavy atom. The fraction of sp³-hybridized carbons (Fsp3) is 0.185. The van der Waals surface area contributed by atoms with E-state index in [-0.39, 0.29) is 5.41 Å². The molecular weight excluding hydrogens is 679 g/mol. The third-order valence-corrected chi connectivity index (χ3v) is 13.0. The molecule has 0 fully saturated rings. The first-order valence-electron chi connectivity index (χ1n) is 20.6. The number of fused-ring (bicyclic) bond motifs is 16. The second-order valence-corrected chi connectivity index (χ2v) is 16.2. The van der Waals surface area contributed by atoms with E-state index in [0.29, 0.717) is 0 Å². The molecule has 12 rings (SSSR count). The van der Waals surface area contributed by atoms with Crippen LogP contribution in [0, 0.1) is 0 Å². The summed E-state index contributed by atoms with van der Waals surface area (Å²) in [6.07, 6.45) is 14.7. The predicted molar refractivity (Wildman–Crippen MR) is 239 cm³/mol. The van der Waals surface area contributed by atoms with Gasteiger partial charge in [-0.3, -0.25) is 0 Å². The van der Waals surface area contributed by atoms with E-state index in [2.05, 4.69) is 158 Å². The van der Waals surface area contributed by atoms with Gasteiger partial charge in [0.15, 0.2) is 0 Å². The lowest BCUT2D eigenvalue weighted by atomic mass is 9.82. The van der Waals surface area contributed by atoms with Crippen molar-refractivity contribution in [2.45, 2.75) is 65.2 Å². The van der Waals surface area contributed by atoms with Crippen molar-refractivity contribution in [3.63, 3.8) is 0 Å². The van der Waals surface area contributed by atoms with Crippen LogP contribution in [0.4, 0.5) is 0 Å². The molecule has 272 valence electrons. The summed E-state index contributed by atoms with van der Waals surface area (Å²) in [7, 11) is 0. The zero-order chi connectivity index (χ0) is 37.7. The SMILES string of the molecule is CC.CC1(C)c2cc(-n3c4ccccc4c4cc(-c5ccc6c7c(c8ccccc8c6c5)C=CCC7)ccc43)ccc2-c2c1ccc1c3c(oc21)C=CCCC3. The molecule has 3 aliphatic rings. The van der Waals surface area contributed by atoms with Crippen LogP contribution in [0.5, 0.6) is 0 Å². The van der Waals surface area contributed by atoms with Gasteiger partial charge < -0.3 is 8.98 Å². The number of allylic oxidation sites excluding steroid dienone is 2. The molecule has 2 heterocycles. The smallest absolute Gasteiger partial charge is 0.143 e. The highest BCUT2D eigenvalue weighted by Gasteiger charge is 2.38. The van der Waals surface area contributed by atoms with Gasteiger partial charge >= 0.3 is 0 Å². The van der Waals surface area contributed by atoms with Crippen LogP contribution in [0.25, 0.3) is 94.4 Å². The largest absolute Gasteiger partial charge is 0.456 e. The van der Waals surface area contributed by atoms with Gasteiger partial charge in [0.25, 0.3) is 0 Å². The van der Waals surface area contributed by atoms with E-state index in [9.17, 15) is 0 Å². The van der Waals surface area contributed by atoms with E-state index in [1.54, 1.807) is 0 Å². The fourth-order valence-corrected chi connectivity index (χ4v) is 10.3. The molecule has 3 aliphatic carbocycles. The molecule has 9 aromatic rings. The van der Waals surface area contributed by atoms with Crippen LogP contribution in [-0.2, 0) is 18.3 Å². The Balaban J connectivity index is 0.00000179. The van der Waals surface area contributed by atoms with Crippen molar-refractivity contribution in [3.05, 3.63) is 161 Å². The lowest BCUT2D eigenvalue weighted by Crippen LogP contribution is -2.15. The second kappa shape index (κ2) is 12.4. The van der Waals surface area contributed by atoms with Gasteiger partial charge in [-0.2, -0.15) is 0 Å². The van der Waals surface area contributed by atoms with E-state index in [1.165, 1.54) is 111 Å². The Kier molecular flexibility index (Phi) is 7.39. The first-order valence-corrected chi connectivity index (χ1v) is 20.6. The fourth-order valence-electron chi connectivity index (χ4n) is 10.3. The molecule has 2 nitrogen and oxygen atoms in total. The van der Waals surface area contributed by atoms with Crippen LogP contribution in [0.3, 0.4) is 0 Å². The van der Waals surface area contributed by atoms with Crippen LogP contribution >= 0.6 is 0 Å². The Morgan fingerprint density at radius 3 is 2.16 bits per heavy atom. The Hall–Kier alpha value is -6.12. The number of aryl methyl sites for hydroxylation is 2. The Labute approximate surface area is 328 Å². The molecule has 0 atom stereocenters.